The molecule has 0 amide bonds. The van der Waals surface area contributed by atoms with E-state index in [1.54, 1.807) is 0 Å². The van der Waals surface area contributed by atoms with Crippen LogP contribution in [-0.2, 0) is 5.12 Å². The minimum atomic E-state index is -1.22. The highest BCUT2D eigenvalue weighted by Gasteiger charge is 2.29. The first-order valence-electron chi connectivity index (χ1n) is 3.45. The van der Waals surface area contributed by atoms with Crippen molar-refractivity contribution in [2.75, 3.05) is 5.43 Å². The van der Waals surface area contributed by atoms with Gasteiger partial charge in [-0.2, -0.15) is 0 Å². The second-order valence-electron chi connectivity index (χ2n) is 2.53. The summed E-state index contributed by atoms with van der Waals surface area (Å²) in [5.41, 5.74) is 9.90. The van der Waals surface area contributed by atoms with Crippen molar-refractivity contribution in [1.29, 1.82) is 0 Å². The second kappa shape index (κ2) is 2.43. The Morgan fingerprint density at radius 1 is 1.42 bits per heavy atom. The zero-order chi connectivity index (χ0) is 8.60. The predicted molar refractivity (Wildman–Crippen MR) is 46.6 cm³/mol. The molecule has 0 saturated heterocycles. The van der Waals surface area contributed by atoms with Crippen LogP contribution in [0, 0.1) is 0 Å². The molecule has 0 spiro atoms. The number of fused-ring (bicyclic) bond motifs is 1. The number of nitrogens with one attached hydrogen (secondary N) is 1. The number of nitrogens with two attached hydrogens (primary N) is 1. The molecule has 0 aliphatic carbocycles. The maximum absolute atomic E-state index is 5.88. The van der Waals surface area contributed by atoms with Crippen LogP contribution < -0.4 is 11.2 Å². The van der Waals surface area contributed by atoms with Crippen molar-refractivity contribution in [3.8, 4) is 0 Å². The summed E-state index contributed by atoms with van der Waals surface area (Å²) in [5, 5.41) is 6.03. The van der Waals surface area contributed by atoms with E-state index in [0.29, 0.717) is 0 Å². The normalized spacial score (nSPS) is 26.2. The number of hydrogen-bond acceptors (Lipinski definition) is 4. The molecule has 0 radical (unpaired) electrons. The molecule has 1 aliphatic heterocycles. The first kappa shape index (κ1) is 7.52. The number of hydrogen-bond donors (Lipinski definition) is 2. The van der Waals surface area contributed by atoms with Gasteiger partial charge in [0.05, 0.1) is 5.69 Å². The standard InChI is InChI=1S/C7H7ClN4/c8-7(9)5-3-1-2-4-6(5)10-12-11-7/h1-4H,9H2,(H,10,11). The summed E-state index contributed by atoms with van der Waals surface area (Å²) >= 11 is 5.88. The van der Waals surface area contributed by atoms with Gasteiger partial charge in [-0.1, -0.05) is 35.0 Å². The number of alkyl halides is 1. The summed E-state index contributed by atoms with van der Waals surface area (Å²) in [7, 11) is 0. The number of benzene rings is 1. The smallest absolute Gasteiger partial charge is 0.233 e. The summed E-state index contributed by atoms with van der Waals surface area (Å²) in [4.78, 5) is 0. The lowest BCUT2D eigenvalue weighted by Crippen LogP contribution is -2.30. The topological polar surface area (TPSA) is 62.8 Å². The van der Waals surface area contributed by atoms with Crippen molar-refractivity contribution >= 4 is 17.3 Å². The van der Waals surface area contributed by atoms with Crippen molar-refractivity contribution in [3.63, 3.8) is 0 Å². The summed E-state index contributed by atoms with van der Waals surface area (Å²) in [5.74, 6) is 0. The Morgan fingerprint density at radius 3 is 2.92 bits per heavy atom. The third kappa shape index (κ3) is 1.05. The summed E-state index contributed by atoms with van der Waals surface area (Å²) < 4.78 is 0. The van der Waals surface area contributed by atoms with Crippen molar-refractivity contribution in [2.24, 2.45) is 16.1 Å². The fourth-order valence-electron chi connectivity index (χ4n) is 1.09. The molecule has 1 aromatic rings. The zero-order valence-electron chi connectivity index (χ0n) is 6.16. The van der Waals surface area contributed by atoms with Crippen LogP contribution in [0.1, 0.15) is 5.56 Å². The van der Waals surface area contributed by atoms with Crippen molar-refractivity contribution in [3.05, 3.63) is 29.8 Å². The molecule has 1 heterocycles. The van der Waals surface area contributed by atoms with Crippen LogP contribution in [0.15, 0.2) is 34.6 Å². The number of anilines is 1. The second-order valence-corrected chi connectivity index (χ2v) is 3.11. The quantitative estimate of drug-likeness (QED) is 0.475. The van der Waals surface area contributed by atoms with Crippen LogP contribution in [0.2, 0.25) is 0 Å². The summed E-state index contributed by atoms with van der Waals surface area (Å²) in [6.45, 7) is 0. The Kier molecular flexibility index (Phi) is 1.52. The summed E-state index contributed by atoms with van der Waals surface area (Å²) in [6, 6.07) is 7.38. The summed E-state index contributed by atoms with van der Waals surface area (Å²) in [6.07, 6.45) is 0. The van der Waals surface area contributed by atoms with Crippen LogP contribution in [0.4, 0.5) is 5.69 Å². The molecule has 2 rings (SSSR count). The largest absolute Gasteiger partial charge is 0.289 e. The van der Waals surface area contributed by atoms with Gasteiger partial charge in [-0.25, -0.2) is 0 Å². The Balaban J connectivity index is 2.58. The third-order valence-corrected chi connectivity index (χ3v) is 1.95. The lowest BCUT2D eigenvalue weighted by molar-refractivity contribution is 0.618. The molecule has 1 aromatic carbocycles. The number of nitrogens with zero attached hydrogens (tertiary/aromatic N) is 2. The molecule has 1 atom stereocenters. The van der Waals surface area contributed by atoms with Gasteiger partial charge in [-0.15, -0.1) is 5.11 Å². The Morgan fingerprint density at radius 2 is 2.17 bits per heavy atom. The van der Waals surface area contributed by atoms with E-state index < -0.39 is 5.12 Å². The van der Waals surface area contributed by atoms with Gasteiger partial charge < -0.3 is 0 Å². The molecular formula is C7H7ClN4. The van der Waals surface area contributed by atoms with Crippen molar-refractivity contribution in [1.82, 2.24) is 0 Å². The van der Waals surface area contributed by atoms with E-state index in [2.05, 4.69) is 15.8 Å². The van der Waals surface area contributed by atoms with Crippen LogP contribution in [0.5, 0.6) is 0 Å². The molecule has 4 nitrogen and oxygen atoms in total. The average Bonchev–Trinajstić information content (AvgIpc) is 2.04. The minimum absolute atomic E-state index is 0.738. The molecule has 12 heavy (non-hydrogen) atoms. The third-order valence-electron chi connectivity index (χ3n) is 1.67. The van der Waals surface area contributed by atoms with Gasteiger partial charge in [0.1, 0.15) is 0 Å². The molecule has 3 N–H and O–H groups in total. The monoisotopic (exact) mass is 182 g/mol. The average molecular weight is 183 g/mol. The molecule has 62 valence electrons. The van der Waals surface area contributed by atoms with Crippen LogP contribution in [-0.4, -0.2) is 0 Å². The molecule has 0 saturated carbocycles. The minimum Gasteiger partial charge on any atom is -0.289 e. The highest BCUT2D eigenvalue weighted by molar-refractivity contribution is 6.23. The number of para-hydroxylation sites is 1. The first-order chi connectivity index (χ1) is 5.70. The Labute approximate surface area is 74.4 Å². The lowest BCUT2D eigenvalue weighted by Gasteiger charge is -2.22. The number of halogens is 1. The predicted octanol–water partition coefficient (Wildman–Crippen LogP) is 1.79. The molecular weight excluding hydrogens is 176 g/mol. The highest BCUT2D eigenvalue weighted by atomic mass is 35.5. The van der Waals surface area contributed by atoms with E-state index in [9.17, 15) is 0 Å². The number of rotatable bonds is 0. The van der Waals surface area contributed by atoms with Gasteiger partial charge >= 0.3 is 0 Å². The molecule has 0 fully saturated rings. The lowest BCUT2D eigenvalue weighted by atomic mass is 10.1. The zero-order valence-corrected chi connectivity index (χ0v) is 6.92. The first-order valence-corrected chi connectivity index (χ1v) is 3.83. The molecule has 0 bridgehead atoms. The van der Waals surface area contributed by atoms with Crippen LogP contribution in [0.3, 0.4) is 0 Å². The maximum Gasteiger partial charge on any atom is 0.233 e. The van der Waals surface area contributed by atoms with E-state index in [-0.39, 0.29) is 0 Å². The molecule has 1 unspecified atom stereocenters. The molecule has 5 heteroatoms. The van der Waals surface area contributed by atoms with E-state index in [1.165, 1.54) is 0 Å². The van der Waals surface area contributed by atoms with E-state index in [0.717, 1.165) is 11.3 Å². The Bertz CT molecular complexity index is 334. The van der Waals surface area contributed by atoms with E-state index in [1.807, 2.05) is 24.3 Å². The van der Waals surface area contributed by atoms with Crippen molar-refractivity contribution in [2.45, 2.75) is 5.12 Å². The molecule has 0 aromatic heterocycles. The van der Waals surface area contributed by atoms with Gasteiger partial charge in [0, 0.05) is 5.56 Å². The highest BCUT2D eigenvalue weighted by Crippen LogP contribution is 2.33. The van der Waals surface area contributed by atoms with E-state index in [4.69, 9.17) is 17.3 Å². The Hall–Kier alpha value is -1.13. The van der Waals surface area contributed by atoms with Crippen molar-refractivity contribution < 1.29 is 0 Å². The van der Waals surface area contributed by atoms with E-state index >= 15 is 0 Å². The van der Waals surface area contributed by atoms with Gasteiger partial charge in [-0.05, 0) is 6.07 Å². The van der Waals surface area contributed by atoms with Crippen LogP contribution in [0.25, 0.3) is 0 Å². The van der Waals surface area contributed by atoms with Gasteiger partial charge in [0.15, 0.2) is 0 Å². The SMILES string of the molecule is NC1(Cl)N=NNc2ccccc21. The fraction of sp³-hybridized carbons (Fsp3) is 0.143. The van der Waals surface area contributed by atoms with Gasteiger partial charge in [0.25, 0.3) is 0 Å². The molecule has 1 aliphatic rings. The fourth-order valence-corrected chi connectivity index (χ4v) is 1.29. The maximum atomic E-state index is 5.88. The van der Waals surface area contributed by atoms with Gasteiger partial charge in [0.2, 0.25) is 5.12 Å². The van der Waals surface area contributed by atoms with Gasteiger partial charge in [-0.3, -0.25) is 11.2 Å². The van der Waals surface area contributed by atoms with Crippen LogP contribution >= 0.6 is 11.6 Å².